The summed E-state index contributed by atoms with van der Waals surface area (Å²) in [5, 5.41) is 1.11. The Morgan fingerprint density at radius 1 is 1.04 bits per heavy atom. The second-order valence-corrected chi connectivity index (χ2v) is 5.86. The summed E-state index contributed by atoms with van der Waals surface area (Å²) in [6, 6.07) is 14.5. The van der Waals surface area contributed by atoms with Crippen molar-refractivity contribution in [2.45, 2.75) is 0 Å². The molecular formula is C19H13Cl2NO2. The number of hydrogen-bond donors (Lipinski definition) is 0. The highest BCUT2D eigenvalue weighted by Crippen LogP contribution is 2.38. The lowest BCUT2D eigenvalue weighted by Gasteiger charge is -2.12. The van der Waals surface area contributed by atoms with Crippen LogP contribution in [0.25, 0.3) is 22.4 Å². The first-order valence-electron chi connectivity index (χ1n) is 7.18. The van der Waals surface area contributed by atoms with Crippen molar-refractivity contribution in [3.8, 4) is 28.1 Å². The van der Waals surface area contributed by atoms with Crippen molar-refractivity contribution in [1.29, 1.82) is 0 Å². The Labute approximate surface area is 149 Å². The minimum atomic E-state index is 0.472. The highest BCUT2D eigenvalue weighted by molar-refractivity contribution is 6.38. The number of carbonyl (C=O) groups excluding carboxylic acids is 1. The second kappa shape index (κ2) is 7.04. The van der Waals surface area contributed by atoms with Crippen LogP contribution in [0.5, 0.6) is 5.75 Å². The van der Waals surface area contributed by atoms with Crippen LogP contribution < -0.4 is 4.74 Å². The summed E-state index contributed by atoms with van der Waals surface area (Å²) in [4.78, 5) is 15.4. The monoisotopic (exact) mass is 357 g/mol. The number of carbonyl (C=O) groups is 1. The Balaban J connectivity index is 2.16. The molecule has 0 saturated heterocycles. The van der Waals surface area contributed by atoms with Gasteiger partial charge in [-0.15, -0.1) is 0 Å². The molecule has 0 aliphatic carbocycles. The Kier molecular flexibility index (Phi) is 4.84. The largest absolute Gasteiger partial charge is 0.496 e. The highest BCUT2D eigenvalue weighted by Gasteiger charge is 2.14. The Morgan fingerprint density at radius 3 is 2.54 bits per heavy atom. The third-order valence-corrected chi connectivity index (χ3v) is 4.40. The molecule has 3 nitrogen and oxygen atoms in total. The molecule has 0 radical (unpaired) electrons. The maximum atomic E-state index is 11.0. The third kappa shape index (κ3) is 3.01. The van der Waals surface area contributed by atoms with Crippen molar-refractivity contribution < 1.29 is 9.53 Å². The molecule has 3 rings (SSSR count). The molecule has 24 heavy (non-hydrogen) atoms. The Bertz CT molecular complexity index is 910. The molecule has 0 fully saturated rings. The van der Waals surface area contributed by atoms with Crippen LogP contribution in [0.15, 0.2) is 54.7 Å². The molecule has 0 spiro atoms. The zero-order chi connectivity index (χ0) is 17.1. The summed E-state index contributed by atoms with van der Waals surface area (Å²) in [7, 11) is 1.52. The average molecular weight is 358 g/mol. The molecule has 1 heterocycles. The molecule has 2 aromatic carbocycles. The lowest BCUT2D eigenvalue weighted by atomic mass is 10.0. The fourth-order valence-electron chi connectivity index (χ4n) is 2.49. The molecule has 0 bridgehead atoms. The van der Waals surface area contributed by atoms with Gasteiger partial charge in [-0.1, -0.05) is 47.5 Å². The minimum absolute atomic E-state index is 0.472. The Hall–Kier alpha value is -2.36. The topological polar surface area (TPSA) is 39.2 Å². The van der Waals surface area contributed by atoms with E-state index < -0.39 is 0 Å². The minimum Gasteiger partial charge on any atom is -0.496 e. The van der Waals surface area contributed by atoms with Gasteiger partial charge in [-0.3, -0.25) is 9.78 Å². The van der Waals surface area contributed by atoms with E-state index in [1.807, 2.05) is 30.3 Å². The second-order valence-electron chi connectivity index (χ2n) is 5.08. The van der Waals surface area contributed by atoms with Crippen LogP contribution in [0.4, 0.5) is 0 Å². The number of aromatic nitrogens is 1. The number of methoxy groups -OCH3 is 1. The van der Waals surface area contributed by atoms with Gasteiger partial charge in [0.25, 0.3) is 0 Å². The number of halogens is 2. The van der Waals surface area contributed by atoms with Crippen LogP contribution in [0.2, 0.25) is 10.0 Å². The van der Waals surface area contributed by atoms with Crippen LogP contribution in [-0.2, 0) is 0 Å². The van der Waals surface area contributed by atoms with Crippen LogP contribution >= 0.6 is 23.2 Å². The van der Waals surface area contributed by atoms with Crippen molar-refractivity contribution in [1.82, 2.24) is 4.98 Å². The zero-order valence-corrected chi connectivity index (χ0v) is 14.3. The number of nitrogens with zero attached hydrogens (tertiary/aromatic N) is 1. The van der Waals surface area contributed by atoms with E-state index in [0.717, 1.165) is 23.0 Å². The van der Waals surface area contributed by atoms with Crippen molar-refractivity contribution in [2.24, 2.45) is 0 Å². The van der Waals surface area contributed by atoms with Gasteiger partial charge in [0.2, 0.25) is 0 Å². The van der Waals surface area contributed by atoms with Crippen molar-refractivity contribution in [3.05, 3.63) is 70.3 Å². The summed E-state index contributed by atoms with van der Waals surface area (Å²) in [6.45, 7) is 0. The first-order valence-corrected chi connectivity index (χ1v) is 7.94. The van der Waals surface area contributed by atoms with Gasteiger partial charge in [-0.05, 0) is 24.3 Å². The van der Waals surface area contributed by atoms with E-state index in [1.165, 1.54) is 7.11 Å². The first-order chi connectivity index (χ1) is 11.7. The van der Waals surface area contributed by atoms with E-state index in [9.17, 15) is 4.79 Å². The van der Waals surface area contributed by atoms with Crippen LogP contribution in [0.3, 0.4) is 0 Å². The molecule has 5 heteroatoms. The van der Waals surface area contributed by atoms with Crippen molar-refractivity contribution in [3.63, 3.8) is 0 Å². The predicted octanol–water partition coefficient (Wildman–Crippen LogP) is 5.54. The van der Waals surface area contributed by atoms with Gasteiger partial charge in [-0.25, -0.2) is 0 Å². The number of rotatable bonds is 4. The standard InChI is InChI=1S/C19H13Cl2NO2/c1-24-17-10-12(6-7-13(17)11-23)19-18(21)15(8-9-22-19)14-4-2-3-5-16(14)20/h2-11H,1H3. The summed E-state index contributed by atoms with van der Waals surface area (Å²) >= 11 is 12.9. The van der Waals surface area contributed by atoms with Crippen molar-refractivity contribution >= 4 is 29.5 Å². The van der Waals surface area contributed by atoms with Gasteiger partial charge in [0.05, 0.1) is 23.4 Å². The van der Waals surface area contributed by atoms with Gasteiger partial charge < -0.3 is 4.74 Å². The van der Waals surface area contributed by atoms with E-state index in [-0.39, 0.29) is 0 Å². The molecule has 0 aliphatic rings. The van der Waals surface area contributed by atoms with Gasteiger partial charge in [0, 0.05) is 27.9 Å². The molecule has 0 atom stereocenters. The van der Waals surface area contributed by atoms with E-state index in [1.54, 1.807) is 24.4 Å². The third-order valence-electron chi connectivity index (χ3n) is 3.69. The SMILES string of the molecule is COc1cc(-c2nccc(-c3ccccc3Cl)c2Cl)ccc1C=O. The maximum Gasteiger partial charge on any atom is 0.153 e. The Morgan fingerprint density at radius 2 is 1.83 bits per heavy atom. The predicted molar refractivity (Wildman–Crippen MR) is 97.1 cm³/mol. The average Bonchev–Trinajstić information content (AvgIpc) is 2.62. The molecule has 0 N–H and O–H groups in total. The fraction of sp³-hybridized carbons (Fsp3) is 0.0526. The molecule has 120 valence electrons. The number of ether oxygens (including phenoxy) is 1. The molecule has 0 unspecified atom stereocenters. The number of aldehydes is 1. The maximum absolute atomic E-state index is 11.0. The first kappa shape index (κ1) is 16.5. The lowest BCUT2D eigenvalue weighted by molar-refractivity contribution is 0.112. The quantitative estimate of drug-likeness (QED) is 0.575. The van der Waals surface area contributed by atoms with E-state index >= 15 is 0 Å². The van der Waals surface area contributed by atoms with Crippen molar-refractivity contribution in [2.75, 3.05) is 7.11 Å². The summed E-state index contributed by atoms with van der Waals surface area (Å²) < 4.78 is 5.25. The smallest absolute Gasteiger partial charge is 0.153 e. The molecule has 0 saturated carbocycles. The van der Waals surface area contributed by atoms with Gasteiger partial charge in [-0.2, -0.15) is 0 Å². The van der Waals surface area contributed by atoms with Gasteiger partial charge in [0.15, 0.2) is 6.29 Å². The number of pyridine rings is 1. The van der Waals surface area contributed by atoms with Crippen LogP contribution in [0, 0.1) is 0 Å². The molecule has 1 aromatic heterocycles. The molecule has 0 aliphatic heterocycles. The summed E-state index contributed by atoms with van der Waals surface area (Å²) in [5.74, 6) is 0.475. The van der Waals surface area contributed by atoms with E-state index in [4.69, 9.17) is 27.9 Å². The van der Waals surface area contributed by atoms with Gasteiger partial charge >= 0.3 is 0 Å². The normalized spacial score (nSPS) is 10.5. The van der Waals surface area contributed by atoms with E-state index in [2.05, 4.69) is 4.98 Å². The molecular weight excluding hydrogens is 345 g/mol. The summed E-state index contributed by atoms with van der Waals surface area (Å²) in [6.07, 6.45) is 2.43. The molecule has 3 aromatic rings. The van der Waals surface area contributed by atoms with Crippen LogP contribution in [0.1, 0.15) is 10.4 Å². The fourth-order valence-corrected chi connectivity index (χ4v) is 3.05. The lowest BCUT2D eigenvalue weighted by Crippen LogP contribution is -1.93. The highest BCUT2D eigenvalue weighted by atomic mass is 35.5. The zero-order valence-electron chi connectivity index (χ0n) is 12.8. The van der Waals surface area contributed by atoms with E-state index in [0.29, 0.717) is 27.1 Å². The van der Waals surface area contributed by atoms with Crippen LogP contribution in [-0.4, -0.2) is 18.4 Å². The summed E-state index contributed by atoms with van der Waals surface area (Å²) in [5.41, 5.74) is 3.47. The molecule has 0 amide bonds. The number of benzene rings is 2. The van der Waals surface area contributed by atoms with Gasteiger partial charge in [0.1, 0.15) is 5.75 Å². The number of hydrogen-bond acceptors (Lipinski definition) is 3.